The van der Waals surface area contributed by atoms with Gasteiger partial charge in [0.15, 0.2) is 0 Å². The highest BCUT2D eigenvalue weighted by atomic mass is 79.9. The second-order valence-electron chi connectivity index (χ2n) is 3.26. The molecule has 1 heteroatoms. The van der Waals surface area contributed by atoms with Gasteiger partial charge in [-0.25, -0.2) is 0 Å². The number of benzene rings is 1. The van der Waals surface area contributed by atoms with Gasteiger partial charge in [0.2, 0.25) is 0 Å². The Labute approximate surface area is 83.1 Å². The molecule has 0 N–H and O–H groups in total. The summed E-state index contributed by atoms with van der Waals surface area (Å²) in [7, 11) is 0. The molecule has 1 aromatic rings. The van der Waals surface area contributed by atoms with Crippen molar-refractivity contribution in [2.75, 3.05) is 0 Å². The van der Waals surface area contributed by atoms with Crippen LogP contribution in [-0.2, 0) is 11.8 Å². The summed E-state index contributed by atoms with van der Waals surface area (Å²) in [6.07, 6.45) is 1.07. The molecule has 0 amide bonds. The van der Waals surface area contributed by atoms with E-state index >= 15 is 0 Å². The number of hydrogen-bond acceptors (Lipinski definition) is 0. The van der Waals surface area contributed by atoms with Gasteiger partial charge in [0, 0.05) is 5.33 Å². The van der Waals surface area contributed by atoms with Crippen molar-refractivity contribution in [1.29, 1.82) is 0 Å². The molecule has 1 aromatic carbocycles. The fraction of sp³-hybridized carbons (Fsp3) is 0.364. The lowest BCUT2D eigenvalue weighted by Crippen LogP contribution is -1.94. The van der Waals surface area contributed by atoms with E-state index in [4.69, 9.17) is 0 Å². The number of hydrogen-bond donors (Lipinski definition) is 0. The molecule has 0 saturated heterocycles. The molecular weight excluding hydrogens is 212 g/mol. The van der Waals surface area contributed by atoms with Crippen LogP contribution in [0.3, 0.4) is 0 Å². The van der Waals surface area contributed by atoms with Gasteiger partial charge in [0.05, 0.1) is 0 Å². The van der Waals surface area contributed by atoms with Crippen LogP contribution in [0.4, 0.5) is 0 Å². The lowest BCUT2D eigenvalue weighted by Gasteiger charge is -2.05. The van der Waals surface area contributed by atoms with E-state index in [0.29, 0.717) is 5.92 Å². The topological polar surface area (TPSA) is 0 Å². The SMILES string of the molecule is [CH2]C(C)Cc1cccc(CBr)c1. The van der Waals surface area contributed by atoms with Crippen LogP contribution in [-0.4, -0.2) is 0 Å². The molecule has 0 bridgehead atoms. The highest BCUT2D eigenvalue weighted by Crippen LogP contribution is 2.12. The van der Waals surface area contributed by atoms with Crippen molar-refractivity contribution in [2.45, 2.75) is 18.7 Å². The maximum absolute atomic E-state index is 3.98. The molecular formula is C11H14Br. The highest BCUT2D eigenvalue weighted by Gasteiger charge is 1.97. The van der Waals surface area contributed by atoms with Gasteiger partial charge < -0.3 is 0 Å². The molecule has 0 spiro atoms. The Morgan fingerprint density at radius 2 is 2.08 bits per heavy atom. The van der Waals surface area contributed by atoms with E-state index in [2.05, 4.69) is 54.0 Å². The average molecular weight is 226 g/mol. The quantitative estimate of drug-likeness (QED) is 0.691. The molecule has 1 rings (SSSR count). The fourth-order valence-electron chi connectivity index (χ4n) is 1.24. The van der Waals surface area contributed by atoms with Gasteiger partial charge >= 0.3 is 0 Å². The van der Waals surface area contributed by atoms with Gasteiger partial charge in [0.1, 0.15) is 0 Å². The monoisotopic (exact) mass is 225 g/mol. The molecule has 0 fully saturated rings. The number of halogens is 1. The minimum Gasteiger partial charge on any atom is -0.0876 e. The first kappa shape index (κ1) is 9.79. The second kappa shape index (κ2) is 4.66. The van der Waals surface area contributed by atoms with E-state index in [9.17, 15) is 0 Å². The first-order valence-electron chi connectivity index (χ1n) is 4.19. The van der Waals surface area contributed by atoms with Crippen LogP contribution in [0.15, 0.2) is 24.3 Å². The zero-order valence-corrected chi connectivity index (χ0v) is 8.97. The van der Waals surface area contributed by atoms with E-state index < -0.39 is 0 Å². The fourth-order valence-corrected chi connectivity index (χ4v) is 1.59. The zero-order chi connectivity index (χ0) is 8.97. The third kappa shape index (κ3) is 2.98. The van der Waals surface area contributed by atoms with Gasteiger partial charge in [-0.05, 0) is 23.5 Å². The molecule has 0 nitrogen and oxygen atoms in total. The van der Waals surface area contributed by atoms with Crippen molar-refractivity contribution < 1.29 is 0 Å². The average Bonchev–Trinajstić information content (AvgIpc) is 2.03. The van der Waals surface area contributed by atoms with Gasteiger partial charge in [0.25, 0.3) is 0 Å². The van der Waals surface area contributed by atoms with Crippen molar-refractivity contribution >= 4 is 15.9 Å². The van der Waals surface area contributed by atoms with Crippen molar-refractivity contribution in [3.8, 4) is 0 Å². The molecule has 0 aliphatic rings. The van der Waals surface area contributed by atoms with Crippen LogP contribution in [0.2, 0.25) is 0 Å². The molecule has 0 saturated carbocycles. The summed E-state index contributed by atoms with van der Waals surface area (Å²) in [6.45, 7) is 6.12. The maximum atomic E-state index is 3.98. The Kier molecular flexibility index (Phi) is 3.80. The van der Waals surface area contributed by atoms with E-state index in [1.54, 1.807) is 0 Å². The summed E-state index contributed by atoms with van der Waals surface area (Å²) in [5, 5.41) is 0.937. The molecule has 1 radical (unpaired) electrons. The summed E-state index contributed by atoms with van der Waals surface area (Å²) in [4.78, 5) is 0. The van der Waals surface area contributed by atoms with Gasteiger partial charge in [-0.3, -0.25) is 0 Å². The Morgan fingerprint density at radius 1 is 1.42 bits per heavy atom. The molecule has 0 aromatic heterocycles. The zero-order valence-electron chi connectivity index (χ0n) is 7.39. The Hall–Kier alpha value is -0.300. The maximum Gasteiger partial charge on any atom is 0.0283 e. The Morgan fingerprint density at radius 3 is 2.67 bits per heavy atom. The van der Waals surface area contributed by atoms with Crippen molar-refractivity contribution in [2.24, 2.45) is 5.92 Å². The predicted octanol–water partition coefficient (Wildman–Crippen LogP) is 3.59. The third-order valence-electron chi connectivity index (χ3n) is 1.73. The Balaban J connectivity index is 2.72. The summed E-state index contributed by atoms with van der Waals surface area (Å²) in [5.74, 6) is 0.496. The predicted molar refractivity (Wildman–Crippen MR) is 57.3 cm³/mol. The molecule has 0 heterocycles. The summed E-state index contributed by atoms with van der Waals surface area (Å²) >= 11 is 3.44. The lowest BCUT2D eigenvalue weighted by molar-refractivity contribution is 0.719. The minimum atomic E-state index is 0.496. The molecule has 65 valence electrons. The van der Waals surface area contributed by atoms with E-state index in [1.807, 2.05) is 0 Å². The van der Waals surface area contributed by atoms with Crippen molar-refractivity contribution in [3.05, 3.63) is 42.3 Å². The summed E-state index contributed by atoms with van der Waals surface area (Å²) in [5.41, 5.74) is 2.72. The minimum absolute atomic E-state index is 0.496. The molecule has 1 atom stereocenters. The largest absolute Gasteiger partial charge is 0.0876 e. The molecule has 1 unspecified atom stereocenters. The van der Waals surface area contributed by atoms with Crippen LogP contribution in [0.1, 0.15) is 18.1 Å². The Bertz CT molecular complexity index is 241. The van der Waals surface area contributed by atoms with Crippen LogP contribution < -0.4 is 0 Å². The van der Waals surface area contributed by atoms with Crippen molar-refractivity contribution in [1.82, 2.24) is 0 Å². The first-order valence-corrected chi connectivity index (χ1v) is 5.31. The smallest absolute Gasteiger partial charge is 0.0283 e. The lowest BCUT2D eigenvalue weighted by atomic mass is 10.0. The van der Waals surface area contributed by atoms with Crippen LogP contribution in [0, 0.1) is 12.8 Å². The normalized spacial score (nSPS) is 10.7. The van der Waals surface area contributed by atoms with Gasteiger partial charge in [-0.15, -0.1) is 0 Å². The molecule has 0 aliphatic carbocycles. The van der Waals surface area contributed by atoms with E-state index in [0.717, 1.165) is 11.8 Å². The summed E-state index contributed by atoms with van der Waals surface area (Å²) < 4.78 is 0. The number of alkyl halides is 1. The van der Waals surface area contributed by atoms with Crippen LogP contribution in [0.5, 0.6) is 0 Å². The summed E-state index contributed by atoms with van der Waals surface area (Å²) in [6, 6.07) is 8.63. The van der Waals surface area contributed by atoms with Gasteiger partial charge in [-0.1, -0.05) is 54.0 Å². The second-order valence-corrected chi connectivity index (χ2v) is 3.82. The van der Waals surface area contributed by atoms with Crippen molar-refractivity contribution in [3.63, 3.8) is 0 Å². The standard InChI is InChI=1S/C11H14Br/c1-9(2)6-10-4-3-5-11(7-10)8-12/h3-5,7,9H,1,6,8H2,2H3. The van der Waals surface area contributed by atoms with E-state index in [1.165, 1.54) is 11.1 Å². The van der Waals surface area contributed by atoms with Crippen LogP contribution >= 0.6 is 15.9 Å². The molecule has 0 aliphatic heterocycles. The van der Waals surface area contributed by atoms with Gasteiger partial charge in [-0.2, -0.15) is 0 Å². The molecule has 12 heavy (non-hydrogen) atoms. The first-order chi connectivity index (χ1) is 5.72. The highest BCUT2D eigenvalue weighted by molar-refractivity contribution is 9.08. The number of rotatable bonds is 3. The third-order valence-corrected chi connectivity index (χ3v) is 2.38. The van der Waals surface area contributed by atoms with E-state index in [-0.39, 0.29) is 0 Å². The van der Waals surface area contributed by atoms with Crippen LogP contribution in [0.25, 0.3) is 0 Å².